The van der Waals surface area contributed by atoms with E-state index in [1.54, 1.807) is 19.1 Å². The topological polar surface area (TPSA) is 62.5 Å². The molecule has 0 aliphatic heterocycles. The first-order chi connectivity index (χ1) is 12.0. The van der Waals surface area contributed by atoms with Gasteiger partial charge in [0.1, 0.15) is 11.3 Å². The average Bonchev–Trinajstić information content (AvgIpc) is 2.59. The molecule has 3 aromatic rings. The van der Waals surface area contributed by atoms with Gasteiger partial charge in [0.15, 0.2) is 0 Å². The van der Waals surface area contributed by atoms with E-state index in [4.69, 9.17) is 4.42 Å². The van der Waals surface area contributed by atoms with Crippen LogP contribution in [0, 0.1) is 12.8 Å². The molecule has 4 nitrogen and oxygen atoms in total. The molecule has 0 aliphatic rings. The Hall–Kier alpha value is -2.59. The van der Waals surface area contributed by atoms with Crippen LogP contribution in [0.3, 0.4) is 0 Å². The Balaban J connectivity index is 1.95. The molecule has 1 heterocycles. The average molecular weight is 337 g/mol. The van der Waals surface area contributed by atoms with Gasteiger partial charge in [0, 0.05) is 29.6 Å². The second-order valence-corrected chi connectivity index (χ2v) is 6.69. The number of aryl methyl sites for hydroxylation is 1. The van der Waals surface area contributed by atoms with Crippen molar-refractivity contribution in [2.45, 2.75) is 33.4 Å². The Bertz CT molecular complexity index is 929. The van der Waals surface area contributed by atoms with E-state index in [1.807, 2.05) is 18.2 Å². The van der Waals surface area contributed by atoms with E-state index < -0.39 is 5.63 Å². The quantitative estimate of drug-likeness (QED) is 0.682. The van der Waals surface area contributed by atoms with Gasteiger partial charge < -0.3 is 14.8 Å². The number of hydrogen-bond donors (Lipinski definition) is 2. The molecule has 0 spiro atoms. The van der Waals surface area contributed by atoms with Crippen molar-refractivity contribution >= 4 is 11.0 Å². The Labute approximate surface area is 147 Å². The van der Waals surface area contributed by atoms with Crippen LogP contribution in [-0.4, -0.2) is 5.11 Å². The second-order valence-electron chi connectivity index (χ2n) is 6.69. The molecule has 25 heavy (non-hydrogen) atoms. The molecule has 4 heteroatoms. The summed E-state index contributed by atoms with van der Waals surface area (Å²) in [7, 11) is 0. The summed E-state index contributed by atoms with van der Waals surface area (Å²) in [6.07, 6.45) is 0. The number of phenols is 1. The first-order valence-electron chi connectivity index (χ1n) is 8.51. The third-order valence-corrected chi connectivity index (χ3v) is 4.56. The zero-order chi connectivity index (χ0) is 18.0. The zero-order valence-electron chi connectivity index (χ0n) is 14.7. The highest BCUT2D eigenvalue weighted by molar-refractivity contribution is 5.84. The van der Waals surface area contributed by atoms with Crippen molar-refractivity contribution in [1.29, 1.82) is 0 Å². The largest absolute Gasteiger partial charge is 0.508 e. The lowest BCUT2D eigenvalue weighted by molar-refractivity contribution is 0.410. The van der Waals surface area contributed by atoms with Crippen LogP contribution in [0.25, 0.3) is 11.0 Å². The first kappa shape index (κ1) is 17.2. The summed E-state index contributed by atoms with van der Waals surface area (Å²) in [4.78, 5) is 11.9. The minimum absolute atomic E-state index is 0.130. The summed E-state index contributed by atoms with van der Waals surface area (Å²) in [5.74, 6) is 0.532. The van der Waals surface area contributed by atoms with E-state index in [0.29, 0.717) is 23.6 Å². The fourth-order valence-electron chi connectivity index (χ4n) is 3.18. The number of aromatic hydroxyl groups is 1. The second kappa shape index (κ2) is 7.11. The highest BCUT2D eigenvalue weighted by Crippen LogP contribution is 2.28. The maximum Gasteiger partial charge on any atom is 0.336 e. The maximum absolute atomic E-state index is 11.9. The van der Waals surface area contributed by atoms with Crippen molar-refractivity contribution in [2.24, 2.45) is 5.92 Å². The molecule has 1 aromatic heterocycles. The Morgan fingerprint density at radius 3 is 2.52 bits per heavy atom. The van der Waals surface area contributed by atoms with Crippen molar-refractivity contribution in [1.82, 2.24) is 5.32 Å². The van der Waals surface area contributed by atoms with Crippen molar-refractivity contribution in [3.05, 3.63) is 75.6 Å². The molecule has 0 amide bonds. The summed E-state index contributed by atoms with van der Waals surface area (Å²) in [5.41, 5.74) is 2.72. The van der Waals surface area contributed by atoms with Gasteiger partial charge >= 0.3 is 5.63 Å². The molecule has 0 saturated carbocycles. The van der Waals surface area contributed by atoms with E-state index in [1.165, 1.54) is 11.6 Å². The van der Waals surface area contributed by atoms with Crippen molar-refractivity contribution in [3.63, 3.8) is 0 Å². The molecule has 130 valence electrons. The van der Waals surface area contributed by atoms with E-state index in [-0.39, 0.29) is 11.8 Å². The van der Waals surface area contributed by atoms with Gasteiger partial charge in [-0.05, 0) is 36.1 Å². The van der Waals surface area contributed by atoms with Crippen LogP contribution in [0.2, 0.25) is 0 Å². The SMILES string of the molecule is Cc1c(O)ccc2c(CN[C@H](c3ccccc3)C(C)C)cc(=O)oc12. The van der Waals surface area contributed by atoms with Gasteiger partial charge in [-0.1, -0.05) is 44.2 Å². The zero-order valence-corrected chi connectivity index (χ0v) is 14.7. The lowest BCUT2D eigenvalue weighted by atomic mass is 9.95. The Morgan fingerprint density at radius 2 is 1.84 bits per heavy atom. The van der Waals surface area contributed by atoms with Crippen LogP contribution in [-0.2, 0) is 6.54 Å². The van der Waals surface area contributed by atoms with E-state index in [0.717, 1.165) is 10.9 Å². The summed E-state index contributed by atoms with van der Waals surface area (Å²) in [5, 5.41) is 14.3. The highest BCUT2D eigenvalue weighted by Gasteiger charge is 2.16. The molecule has 1 atom stereocenters. The van der Waals surface area contributed by atoms with Gasteiger partial charge in [0.2, 0.25) is 0 Å². The molecule has 0 fully saturated rings. The molecular weight excluding hydrogens is 314 g/mol. The maximum atomic E-state index is 11.9. The third-order valence-electron chi connectivity index (χ3n) is 4.56. The fourth-order valence-corrected chi connectivity index (χ4v) is 3.18. The van der Waals surface area contributed by atoms with E-state index in [9.17, 15) is 9.90 Å². The number of benzene rings is 2. The molecule has 0 radical (unpaired) electrons. The molecule has 3 rings (SSSR count). The third kappa shape index (κ3) is 3.59. The summed E-state index contributed by atoms with van der Waals surface area (Å²) in [6.45, 7) is 6.64. The summed E-state index contributed by atoms with van der Waals surface area (Å²) >= 11 is 0. The number of nitrogens with one attached hydrogen (secondary N) is 1. The molecule has 0 saturated heterocycles. The monoisotopic (exact) mass is 337 g/mol. The van der Waals surface area contributed by atoms with E-state index in [2.05, 4.69) is 31.3 Å². The highest BCUT2D eigenvalue weighted by atomic mass is 16.4. The van der Waals surface area contributed by atoms with Gasteiger partial charge in [-0.3, -0.25) is 0 Å². The Kier molecular flexibility index (Phi) is 4.91. The van der Waals surface area contributed by atoms with Crippen LogP contribution in [0.15, 0.2) is 57.7 Å². The molecular formula is C21H23NO3. The molecule has 0 bridgehead atoms. The standard InChI is InChI=1S/C21H23NO3/c1-13(2)20(15-7-5-4-6-8-15)22-12-16-11-19(24)25-21-14(3)18(23)10-9-17(16)21/h4-11,13,20,22-23H,12H2,1-3H3/t20-/m0/s1. The van der Waals surface area contributed by atoms with Gasteiger partial charge in [0.05, 0.1) is 0 Å². The van der Waals surface area contributed by atoms with Gasteiger partial charge in [0.25, 0.3) is 0 Å². The Morgan fingerprint density at radius 1 is 1.12 bits per heavy atom. The van der Waals surface area contributed by atoms with Crippen LogP contribution in [0.5, 0.6) is 5.75 Å². The van der Waals surface area contributed by atoms with Crippen molar-refractivity contribution < 1.29 is 9.52 Å². The number of phenolic OH excluding ortho intramolecular Hbond substituents is 1. The van der Waals surface area contributed by atoms with Crippen LogP contribution < -0.4 is 10.9 Å². The predicted octanol–water partition coefficient (Wildman–Crippen LogP) is 4.29. The summed E-state index contributed by atoms with van der Waals surface area (Å²) < 4.78 is 5.31. The number of hydrogen-bond acceptors (Lipinski definition) is 4. The smallest absolute Gasteiger partial charge is 0.336 e. The van der Waals surface area contributed by atoms with Gasteiger partial charge in [-0.2, -0.15) is 0 Å². The minimum Gasteiger partial charge on any atom is -0.508 e. The molecule has 0 aliphatic carbocycles. The van der Waals surface area contributed by atoms with Crippen molar-refractivity contribution in [2.75, 3.05) is 0 Å². The molecule has 2 aromatic carbocycles. The summed E-state index contributed by atoms with van der Waals surface area (Å²) in [6, 6.07) is 15.4. The molecule has 0 unspecified atom stereocenters. The number of fused-ring (bicyclic) bond motifs is 1. The molecule has 2 N–H and O–H groups in total. The van der Waals surface area contributed by atoms with Crippen LogP contribution in [0.4, 0.5) is 0 Å². The normalized spacial score (nSPS) is 12.6. The van der Waals surface area contributed by atoms with E-state index >= 15 is 0 Å². The van der Waals surface area contributed by atoms with Crippen LogP contribution in [0.1, 0.15) is 36.6 Å². The lowest BCUT2D eigenvalue weighted by Crippen LogP contribution is -2.25. The van der Waals surface area contributed by atoms with Crippen molar-refractivity contribution in [3.8, 4) is 5.75 Å². The van der Waals surface area contributed by atoms with Gasteiger partial charge in [-0.25, -0.2) is 4.79 Å². The predicted molar refractivity (Wildman–Crippen MR) is 99.7 cm³/mol. The van der Waals surface area contributed by atoms with Crippen LogP contribution >= 0.6 is 0 Å². The number of rotatable bonds is 5. The first-order valence-corrected chi connectivity index (χ1v) is 8.51. The minimum atomic E-state index is -0.404. The lowest BCUT2D eigenvalue weighted by Gasteiger charge is -2.23. The fraction of sp³-hybridized carbons (Fsp3) is 0.286. The van der Waals surface area contributed by atoms with Gasteiger partial charge in [-0.15, -0.1) is 0 Å².